The van der Waals surface area contributed by atoms with Gasteiger partial charge in [-0.15, -0.1) is 0 Å². The van der Waals surface area contributed by atoms with Crippen LogP contribution in [0.2, 0.25) is 0 Å². The predicted molar refractivity (Wildman–Crippen MR) is 87.4 cm³/mol. The molecule has 1 aliphatic carbocycles. The van der Waals surface area contributed by atoms with Gasteiger partial charge in [0.2, 0.25) is 5.91 Å². The van der Waals surface area contributed by atoms with Crippen LogP contribution in [0.5, 0.6) is 5.75 Å². The Morgan fingerprint density at radius 2 is 2.00 bits per heavy atom. The molecule has 124 valence electrons. The van der Waals surface area contributed by atoms with Crippen molar-refractivity contribution in [1.82, 2.24) is 10.6 Å². The molecule has 1 saturated carbocycles. The van der Waals surface area contributed by atoms with E-state index in [-0.39, 0.29) is 29.4 Å². The zero-order valence-corrected chi connectivity index (χ0v) is 13.7. The average molecular weight is 316 g/mol. The summed E-state index contributed by atoms with van der Waals surface area (Å²) < 4.78 is 6.26. The van der Waals surface area contributed by atoms with E-state index in [0.29, 0.717) is 17.9 Å². The first-order chi connectivity index (χ1) is 11.0. The quantitative estimate of drug-likeness (QED) is 0.879. The highest BCUT2D eigenvalue weighted by Gasteiger charge is 2.40. The van der Waals surface area contributed by atoms with E-state index < -0.39 is 0 Å². The molecule has 1 aromatic carbocycles. The van der Waals surface area contributed by atoms with Crippen molar-refractivity contribution in [3.63, 3.8) is 0 Å². The first-order valence-corrected chi connectivity index (χ1v) is 8.36. The third-order valence-electron chi connectivity index (χ3n) is 4.80. The van der Waals surface area contributed by atoms with Crippen molar-refractivity contribution >= 4 is 11.8 Å². The van der Waals surface area contributed by atoms with Crippen LogP contribution in [0.25, 0.3) is 0 Å². The number of benzene rings is 1. The summed E-state index contributed by atoms with van der Waals surface area (Å²) >= 11 is 0. The zero-order chi connectivity index (χ0) is 16.4. The topological polar surface area (TPSA) is 67.4 Å². The van der Waals surface area contributed by atoms with Crippen molar-refractivity contribution in [2.75, 3.05) is 6.54 Å². The van der Waals surface area contributed by atoms with Gasteiger partial charge in [0.1, 0.15) is 11.4 Å². The van der Waals surface area contributed by atoms with Crippen LogP contribution >= 0.6 is 0 Å². The maximum Gasteiger partial charge on any atom is 0.255 e. The molecule has 1 aliphatic heterocycles. The van der Waals surface area contributed by atoms with E-state index in [1.807, 2.05) is 32.0 Å². The number of hydrogen-bond donors (Lipinski definition) is 2. The van der Waals surface area contributed by atoms with Gasteiger partial charge in [0.25, 0.3) is 5.91 Å². The van der Waals surface area contributed by atoms with Crippen molar-refractivity contribution in [1.29, 1.82) is 0 Å². The number of carbonyl (C=O) groups excluding carboxylic acids is 2. The molecule has 2 aliphatic rings. The van der Waals surface area contributed by atoms with Crippen molar-refractivity contribution in [2.45, 2.75) is 51.2 Å². The summed E-state index contributed by atoms with van der Waals surface area (Å²) in [4.78, 5) is 24.0. The lowest BCUT2D eigenvalue weighted by molar-refractivity contribution is -0.125. The van der Waals surface area contributed by atoms with E-state index in [1.54, 1.807) is 6.07 Å². The molecule has 2 N–H and O–H groups in total. The highest BCUT2D eigenvalue weighted by atomic mass is 16.5. The second-order valence-electron chi connectivity index (χ2n) is 6.90. The van der Waals surface area contributed by atoms with E-state index in [1.165, 1.54) is 0 Å². The molecule has 5 heteroatoms. The van der Waals surface area contributed by atoms with E-state index in [4.69, 9.17) is 4.74 Å². The number of ether oxygens (including phenoxy) is 1. The molecule has 0 bridgehead atoms. The number of carbonyl (C=O) groups is 2. The molecule has 2 amide bonds. The van der Waals surface area contributed by atoms with Crippen molar-refractivity contribution in [3.05, 3.63) is 29.8 Å². The van der Waals surface area contributed by atoms with E-state index in [9.17, 15) is 9.59 Å². The summed E-state index contributed by atoms with van der Waals surface area (Å²) in [6.45, 7) is 4.33. The minimum atomic E-state index is -0.360. The summed E-state index contributed by atoms with van der Waals surface area (Å²) in [6.07, 6.45) is 3.39. The average Bonchev–Trinajstić information content (AvgIpc) is 2.68. The maximum atomic E-state index is 12.2. The molecular formula is C18H24N2O3. The fraction of sp³-hybridized carbons (Fsp3) is 0.556. The van der Waals surface area contributed by atoms with E-state index >= 15 is 0 Å². The van der Waals surface area contributed by atoms with Crippen LogP contribution in [0.3, 0.4) is 0 Å². The molecule has 0 atom stereocenters. The number of fused-ring (bicyclic) bond motifs is 1. The Bertz CT molecular complexity index is 604. The van der Waals surface area contributed by atoms with Gasteiger partial charge in [-0.3, -0.25) is 9.59 Å². The Labute approximate surface area is 136 Å². The minimum absolute atomic E-state index is 0.00572. The molecule has 0 radical (unpaired) electrons. The van der Waals surface area contributed by atoms with Gasteiger partial charge in [0, 0.05) is 12.0 Å². The molecule has 1 spiro atoms. The standard InChI is InChI=1S/C18H24N2O3/c1-12(2)16(21)20-13-7-9-18(10-8-13)11-19-17(22)14-5-3-4-6-15(14)23-18/h3-6,12-13H,7-11H2,1-2H3,(H,19,22)(H,20,21). The summed E-state index contributed by atoms with van der Waals surface area (Å²) in [5.74, 6) is 0.692. The van der Waals surface area contributed by atoms with Gasteiger partial charge in [-0.1, -0.05) is 26.0 Å². The molecule has 0 unspecified atom stereocenters. The van der Waals surface area contributed by atoms with Gasteiger partial charge in [-0.2, -0.15) is 0 Å². The van der Waals surface area contributed by atoms with Crippen LogP contribution in [0, 0.1) is 5.92 Å². The minimum Gasteiger partial charge on any atom is -0.485 e. The van der Waals surface area contributed by atoms with Gasteiger partial charge in [0.15, 0.2) is 0 Å². The normalized spacial score (nSPS) is 26.9. The Morgan fingerprint density at radius 1 is 1.30 bits per heavy atom. The first kappa shape index (κ1) is 15.8. The highest BCUT2D eigenvalue weighted by Crippen LogP contribution is 2.36. The summed E-state index contributed by atoms with van der Waals surface area (Å²) in [6, 6.07) is 7.58. The SMILES string of the molecule is CC(C)C(=O)NC1CCC2(CC1)CNC(=O)c1ccccc1O2. The number of para-hydroxylation sites is 1. The van der Waals surface area contributed by atoms with Crippen molar-refractivity contribution in [3.8, 4) is 5.75 Å². The molecular weight excluding hydrogens is 292 g/mol. The molecule has 23 heavy (non-hydrogen) atoms. The number of hydrogen-bond acceptors (Lipinski definition) is 3. The second-order valence-corrected chi connectivity index (χ2v) is 6.90. The monoisotopic (exact) mass is 316 g/mol. The predicted octanol–water partition coefficient (Wildman–Crippen LogP) is 2.26. The Morgan fingerprint density at radius 3 is 2.70 bits per heavy atom. The van der Waals surface area contributed by atoms with E-state index in [2.05, 4.69) is 10.6 Å². The third kappa shape index (κ3) is 3.33. The fourth-order valence-corrected chi connectivity index (χ4v) is 3.28. The van der Waals surface area contributed by atoms with Crippen LogP contribution in [0.4, 0.5) is 0 Å². The summed E-state index contributed by atoms with van der Waals surface area (Å²) in [5.41, 5.74) is 0.237. The van der Waals surface area contributed by atoms with Crippen LogP contribution in [-0.4, -0.2) is 30.0 Å². The molecule has 1 fully saturated rings. The van der Waals surface area contributed by atoms with Gasteiger partial charge in [0.05, 0.1) is 12.1 Å². The lowest BCUT2D eigenvalue weighted by atomic mass is 9.81. The molecule has 1 heterocycles. The number of rotatable bonds is 2. The van der Waals surface area contributed by atoms with Gasteiger partial charge < -0.3 is 15.4 Å². The molecule has 0 aromatic heterocycles. The number of amides is 2. The lowest BCUT2D eigenvalue weighted by Crippen LogP contribution is -2.51. The third-order valence-corrected chi connectivity index (χ3v) is 4.80. The van der Waals surface area contributed by atoms with Gasteiger partial charge in [-0.05, 0) is 37.8 Å². The summed E-state index contributed by atoms with van der Waals surface area (Å²) in [7, 11) is 0. The molecule has 5 nitrogen and oxygen atoms in total. The highest BCUT2D eigenvalue weighted by molar-refractivity contribution is 5.97. The van der Waals surface area contributed by atoms with Gasteiger partial charge >= 0.3 is 0 Å². The zero-order valence-electron chi connectivity index (χ0n) is 13.7. The lowest BCUT2D eigenvalue weighted by Gasteiger charge is -2.39. The molecule has 1 aromatic rings. The number of nitrogens with one attached hydrogen (secondary N) is 2. The van der Waals surface area contributed by atoms with E-state index in [0.717, 1.165) is 25.7 Å². The largest absolute Gasteiger partial charge is 0.485 e. The van der Waals surface area contributed by atoms with Crippen molar-refractivity contribution in [2.24, 2.45) is 5.92 Å². The summed E-state index contributed by atoms with van der Waals surface area (Å²) in [5, 5.41) is 6.09. The van der Waals surface area contributed by atoms with Gasteiger partial charge in [-0.25, -0.2) is 0 Å². The molecule has 0 saturated heterocycles. The van der Waals surface area contributed by atoms with Crippen LogP contribution in [0.15, 0.2) is 24.3 Å². The van der Waals surface area contributed by atoms with Crippen LogP contribution in [-0.2, 0) is 4.79 Å². The first-order valence-electron chi connectivity index (χ1n) is 8.36. The van der Waals surface area contributed by atoms with Crippen LogP contribution in [0.1, 0.15) is 49.9 Å². The Hall–Kier alpha value is -2.04. The van der Waals surface area contributed by atoms with Crippen molar-refractivity contribution < 1.29 is 14.3 Å². The Balaban J connectivity index is 1.68. The fourth-order valence-electron chi connectivity index (χ4n) is 3.28. The second kappa shape index (κ2) is 6.22. The maximum absolute atomic E-state index is 12.2. The Kier molecular flexibility index (Phi) is 4.28. The smallest absolute Gasteiger partial charge is 0.255 e. The van der Waals surface area contributed by atoms with Crippen LogP contribution < -0.4 is 15.4 Å². The molecule has 3 rings (SSSR count).